The number of carboxylic acid groups (broad SMARTS) is 1. The van der Waals surface area contributed by atoms with Gasteiger partial charge in [-0.15, -0.1) is 0 Å². The lowest BCUT2D eigenvalue weighted by molar-refractivity contribution is -0.143. The molecule has 1 aromatic heterocycles. The van der Waals surface area contributed by atoms with Gasteiger partial charge in [0, 0.05) is 31.7 Å². The maximum Gasteiger partial charge on any atom is 0.351 e. The van der Waals surface area contributed by atoms with Crippen molar-refractivity contribution in [3.05, 3.63) is 22.5 Å². The molecule has 0 radical (unpaired) electrons. The van der Waals surface area contributed by atoms with Crippen molar-refractivity contribution in [2.45, 2.75) is 129 Å². The predicted octanol–water partition coefficient (Wildman–Crippen LogP) is -1.90. The summed E-state index contributed by atoms with van der Waals surface area (Å²) in [6.07, 6.45) is -4.73. The smallest absolute Gasteiger partial charge is 0.351 e. The van der Waals surface area contributed by atoms with Crippen LogP contribution in [0.5, 0.6) is 0 Å². The van der Waals surface area contributed by atoms with Crippen molar-refractivity contribution in [2.75, 3.05) is 25.0 Å². The Morgan fingerprint density at radius 3 is 2.20 bits per heavy atom. The number of aliphatic hydroxyl groups excluding tert-OH is 3. The van der Waals surface area contributed by atoms with Crippen molar-refractivity contribution < 1.29 is 63.1 Å². The van der Waals surface area contributed by atoms with Crippen molar-refractivity contribution in [2.24, 2.45) is 27.8 Å². The summed E-state index contributed by atoms with van der Waals surface area (Å²) in [6.45, 7) is 5.75. The average molecular weight is 856 g/mol. The third-order valence-corrected chi connectivity index (χ3v) is 9.14. The fourth-order valence-corrected chi connectivity index (χ4v) is 6.20. The lowest BCUT2D eigenvalue weighted by atomic mass is 9.86. The van der Waals surface area contributed by atoms with Crippen LogP contribution in [0.2, 0.25) is 0 Å². The highest BCUT2D eigenvalue weighted by molar-refractivity contribution is 5.97. The molecule has 0 saturated carbocycles. The number of unbranched alkanes of at least 4 members (excludes halogenated alkanes) is 2. The number of aliphatic imine (C=N–C) groups is 1. The van der Waals surface area contributed by atoms with Gasteiger partial charge in [-0.25, -0.2) is 14.0 Å². The molecule has 22 nitrogen and oxygen atoms in total. The topological polar surface area (TPSA) is 357 Å². The van der Waals surface area contributed by atoms with Gasteiger partial charge < -0.3 is 62.7 Å². The van der Waals surface area contributed by atoms with Crippen molar-refractivity contribution in [1.82, 2.24) is 25.5 Å². The van der Waals surface area contributed by atoms with E-state index in [1.807, 2.05) is 20.8 Å². The van der Waals surface area contributed by atoms with Crippen LogP contribution in [0, 0.1) is 17.2 Å². The van der Waals surface area contributed by atoms with Gasteiger partial charge in [0.15, 0.2) is 23.8 Å². The highest BCUT2D eigenvalue weighted by atomic mass is 19.1. The number of Topliss-reactive ketones (excluding diaryl/α,β-unsaturated/α-hetero) is 2. The molecule has 4 amide bonds. The molecule has 1 fully saturated rings. The standard InChI is InChI=1S/C37H58FN9O13/c1-19(49)9-6-5-7-11-23(32(56)45-30-22(38)17-47(36(59)46-30)33-29(54)28(53)25(18-48)60-33)43-26(51)14-24(34(57)58)44-27(52)16-42-31(55)20(10-8-12-41-35(39)40)13-21(50)15-37(2,3)4/h17,20,23-25,28-29,33,48,53-54H,5-16,18H2,1-4H3,(H,42,55)(H,43,51)(H,44,52)(H,57,58)(H4,39,40,41)(H,45,46,56,59)/t20?,23?,24?,25-,28?,29+,33-/m1/s1. The van der Waals surface area contributed by atoms with E-state index in [1.165, 1.54) is 6.92 Å². The van der Waals surface area contributed by atoms with Crippen molar-refractivity contribution in [3.8, 4) is 0 Å². The van der Waals surface area contributed by atoms with Crippen LogP contribution in [0.25, 0.3) is 0 Å². The molecule has 2 rings (SSSR count). The number of nitrogens with zero attached hydrogens (tertiary/aromatic N) is 3. The van der Waals surface area contributed by atoms with E-state index in [0.717, 1.165) is 0 Å². The first-order valence-corrected chi connectivity index (χ1v) is 19.4. The summed E-state index contributed by atoms with van der Waals surface area (Å²) in [7, 11) is 0. The second kappa shape index (κ2) is 24.0. The lowest BCUT2D eigenvalue weighted by Gasteiger charge is -2.21. The summed E-state index contributed by atoms with van der Waals surface area (Å²) in [5.74, 6) is -8.81. The zero-order valence-electron chi connectivity index (χ0n) is 34.1. The average Bonchev–Trinajstić information content (AvgIpc) is 3.43. The Morgan fingerprint density at radius 1 is 0.950 bits per heavy atom. The molecule has 23 heteroatoms. The number of halogens is 1. The van der Waals surface area contributed by atoms with Gasteiger partial charge >= 0.3 is 11.7 Å². The summed E-state index contributed by atoms with van der Waals surface area (Å²) < 4.78 is 20.9. The van der Waals surface area contributed by atoms with Gasteiger partial charge in [-0.2, -0.15) is 4.98 Å². The summed E-state index contributed by atoms with van der Waals surface area (Å²) in [5.41, 5.74) is 9.13. The zero-order chi connectivity index (χ0) is 45.3. The van der Waals surface area contributed by atoms with Gasteiger partial charge in [0.25, 0.3) is 0 Å². The molecule has 0 aromatic carbocycles. The minimum Gasteiger partial charge on any atom is -0.480 e. The molecule has 1 saturated heterocycles. The van der Waals surface area contributed by atoms with Gasteiger partial charge in [-0.3, -0.25) is 33.5 Å². The predicted molar refractivity (Wildman–Crippen MR) is 210 cm³/mol. The molecule has 2 heterocycles. The van der Waals surface area contributed by atoms with Gasteiger partial charge in [0.1, 0.15) is 42.0 Å². The Morgan fingerprint density at radius 2 is 1.62 bits per heavy atom. The number of aliphatic carboxylic acids is 1. The fraction of sp³-hybridized carbons (Fsp3) is 0.676. The Labute approximate surface area is 345 Å². The summed E-state index contributed by atoms with van der Waals surface area (Å²) >= 11 is 0. The number of amides is 4. The molecule has 1 aromatic rings. The van der Waals surface area contributed by atoms with E-state index in [-0.39, 0.29) is 68.0 Å². The van der Waals surface area contributed by atoms with Crippen LogP contribution in [0.3, 0.4) is 0 Å². The van der Waals surface area contributed by atoms with E-state index >= 15 is 4.39 Å². The number of ketones is 2. The maximum atomic E-state index is 15.2. The first-order chi connectivity index (χ1) is 28.0. The molecule has 60 heavy (non-hydrogen) atoms. The van der Waals surface area contributed by atoms with E-state index in [2.05, 4.69) is 31.2 Å². The zero-order valence-corrected chi connectivity index (χ0v) is 34.1. The van der Waals surface area contributed by atoms with E-state index < -0.39 is 109 Å². The Bertz CT molecular complexity index is 1780. The van der Waals surface area contributed by atoms with Crippen molar-refractivity contribution in [3.63, 3.8) is 0 Å². The van der Waals surface area contributed by atoms with Crippen LogP contribution in [-0.2, 0) is 38.3 Å². The number of ether oxygens (including phenoxy) is 1. The first kappa shape index (κ1) is 50.8. The molecule has 7 atom stereocenters. The first-order valence-electron chi connectivity index (χ1n) is 19.4. The van der Waals surface area contributed by atoms with Crippen molar-refractivity contribution >= 4 is 52.9 Å². The quantitative estimate of drug-likeness (QED) is 0.0292. The van der Waals surface area contributed by atoms with E-state index in [0.29, 0.717) is 30.0 Å². The maximum absolute atomic E-state index is 15.2. The normalized spacial score (nSPS) is 19.0. The number of nitrogens with two attached hydrogens (primary N) is 2. The lowest BCUT2D eigenvalue weighted by Crippen LogP contribution is -2.50. The number of hydrogen-bond donors (Lipinski definition) is 10. The van der Waals surface area contributed by atoms with Gasteiger partial charge in [0.2, 0.25) is 23.6 Å². The Hall–Kier alpha value is -5.39. The van der Waals surface area contributed by atoms with Crippen LogP contribution in [0.1, 0.15) is 98.1 Å². The second-order valence-corrected chi connectivity index (χ2v) is 15.8. The third kappa shape index (κ3) is 17.5. The van der Waals surface area contributed by atoms with E-state index in [9.17, 15) is 58.8 Å². The Kier molecular flexibility index (Phi) is 20.3. The monoisotopic (exact) mass is 855 g/mol. The number of carbonyl (C=O) groups excluding carboxylic acids is 6. The minimum atomic E-state index is -1.85. The number of rotatable bonds is 25. The van der Waals surface area contributed by atoms with Crippen LogP contribution >= 0.6 is 0 Å². The SMILES string of the molecule is CC(=O)CCCCCC(NC(=O)CC(NC(=O)CNC(=O)C(CCCN=C(N)N)CC(=O)CC(C)(C)C)C(=O)O)C(=O)Nc1nc(=O)n([C@@H]2O[C@H](CO)C(O)[C@@H]2O)cc1F. The summed E-state index contributed by atoms with van der Waals surface area (Å²) in [5, 5.41) is 48.3. The van der Waals surface area contributed by atoms with Crippen LogP contribution < -0.4 is 38.4 Å². The molecular formula is C37H58FN9O13. The molecular weight excluding hydrogens is 797 g/mol. The summed E-state index contributed by atoms with van der Waals surface area (Å²) in [6, 6.07) is -3.31. The number of nitrogens with one attached hydrogen (secondary N) is 4. The second-order valence-electron chi connectivity index (χ2n) is 15.8. The fourth-order valence-electron chi connectivity index (χ4n) is 6.20. The minimum absolute atomic E-state index is 0.0716. The largest absolute Gasteiger partial charge is 0.480 e. The number of aliphatic hydroxyl groups is 3. The molecule has 336 valence electrons. The van der Waals surface area contributed by atoms with Crippen molar-refractivity contribution in [1.29, 1.82) is 0 Å². The van der Waals surface area contributed by atoms with Crippen LogP contribution in [0.4, 0.5) is 10.2 Å². The van der Waals surface area contributed by atoms with E-state index in [4.69, 9.17) is 16.2 Å². The van der Waals surface area contributed by atoms with Crippen LogP contribution in [-0.4, -0.2) is 127 Å². The molecule has 1 aliphatic rings. The number of anilines is 1. The number of guanidine groups is 1. The Balaban J connectivity index is 2.14. The summed E-state index contributed by atoms with van der Waals surface area (Å²) in [4.78, 5) is 109. The third-order valence-electron chi connectivity index (χ3n) is 9.14. The van der Waals surface area contributed by atoms with Gasteiger partial charge in [0.05, 0.1) is 25.8 Å². The van der Waals surface area contributed by atoms with Gasteiger partial charge in [-0.1, -0.05) is 33.6 Å². The number of carbonyl (C=O) groups is 7. The number of aromatic nitrogens is 2. The highest BCUT2D eigenvalue weighted by Gasteiger charge is 2.44. The number of carboxylic acids is 1. The van der Waals surface area contributed by atoms with E-state index in [1.54, 1.807) is 0 Å². The highest BCUT2D eigenvalue weighted by Crippen LogP contribution is 2.29. The molecule has 0 spiro atoms. The molecule has 12 N–H and O–H groups in total. The van der Waals surface area contributed by atoms with Gasteiger partial charge in [-0.05, 0) is 38.0 Å². The molecule has 1 aliphatic heterocycles. The molecule has 0 bridgehead atoms. The van der Waals surface area contributed by atoms with Crippen LogP contribution in [0.15, 0.2) is 16.0 Å². The number of hydrogen-bond acceptors (Lipinski definition) is 14. The molecule has 0 aliphatic carbocycles. The molecule has 4 unspecified atom stereocenters.